The Hall–Kier alpha value is -2.05. The number of aliphatic hydroxyl groups excluding tert-OH is 1. The maximum atomic E-state index is 12.6. The van der Waals surface area contributed by atoms with Gasteiger partial charge in [0.15, 0.2) is 0 Å². The molecule has 1 aromatic heterocycles. The van der Waals surface area contributed by atoms with Crippen LogP contribution < -0.4 is 0 Å². The minimum absolute atomic E-state index is 0.0495. The SMILES string of the molecule is Cc1cccc(C=CC2C3C(=O)N(C)C(=O)C3C3CC(O)CN23)n1. The largest absolute Gasteiger partial charge is 0.392 e. The third-order valence-corrected chi connectivity index (χ3v) is 5.52. The Balaban J connectivity index is 1.68. The Bertz CT molecular complexity index is 732. The maximum absolute atomic E-state index is 12.6. The lowest BCUT2D eigenvalue weighted by molar-refractivity contribution is -0.139. The summed E-state index contributed by atoms with van der Waals surface area (Å²) in [6, 6.07) is 5.58. The van der Waals surface area contributed by atoms with Crippen LogP contribution in [-0.2, 0) is 9.59 Å². The van der Waals surface area contributed by atoms with E-state index >= 15 is 0 Å². The first kappa shape index (κ1) is 15.5. The number of amides is 2. The summed E-state index contributed by atoms with van der Waals surface area (Å²) in [6.45, 7) is 2.45. The number of aromatic nitrogens is 1. The number of rotatable bonds is 2. The van der Waals surface area contributed by atoms with Crippen LogP contribution in [0.15, 0.2) is 24.3 Å². The van der Waals surface area contributed by atoms with Crippen molar-refractivity contribution in [2.75, 3.05) is 13.6 Å². The Morgan fingerprint density at radius 1 is 1.25 bits per heavy atom. The van der Waals surface area contributed by atoms with Crippen molar-refractivity contribution in [1.29, 1.82) is 0 Å². The molecule has 126 valence electrons. The van der Waals surface area contributed by atoms with E-state index in [1.807, 2.05) is 37.3 Å². The highest BCUT2D eigenvalue weighted by Crippen LogP contribution is 2.46. The summed E-state index contributed by atoms with van der Waals surface area (Å²) in [7, 11) is 1.56. The van der Waals surface area contributed by atoms with Crippen LogP contribution in [0.2, 0.25) is 0 Å². The topological polar surface area (TPSA) is 73.7 Å². The number of hydrogen-bond donors (Lipinski definition) is 1. The highest BCUT2D eigenvalue weighted by molar-refractivity contribution is 6.06. The van der Waals surface area contributed by atoms with Gasteiger partial charge in [-0.25, -0.2) is 0 Å². The number of aryl methyl sites for hydroxylation is 1. The third-order valence-electron chi connectivity index (χ3n) is 5.52. The second kappa shape index (κ2) is 5.50. The Morgan fingerprint density at radius 2 is 2.00 bits per heavy atom. The molecule has 0 spiro atoms. The number of carbonyl (C=O) groups is 2. The molecule has 6 heteroatoms. The highest BCUT2D eigenvalue weighted by atomic mass is 16.3. The van der Waals surface area contributed by atoms with Crippen molar-refractivity contribution < 1.29 is 14.7 Å². The van der Waals surface area contributed by atoms with Crippen LogP contribution in [0.25, 0.3) is 6.08 Å². The molecule has 24 heavy (non-hydrogen) atoms. The minimum atomic E-state index is -0.433. The smallest absolute Gasteiger partial charge is 0.234 e. The zero-order valence-corrected chi connectivity index (χ0v) is 13.8. The fraction of sp³-hybridized carbons (Fsp3) is 0.500. The predicted molar refractivity (Wildman–Crippen MR) is 87.7 cm³/mol. The average Bonchev–Trinajstić information content (AvgIpc) is 3.12. The molecule has 1 N–H and O–H groups in total. The van der Waals surface area contributed by atoms with Crippen molar-refractivity contribution in [3.63, 3.8) is 0 Å². The predicted octanol–water partition coefficient (Wildman–Crippen LogP) is 0.452. The number of imide groups is 1. The van der Waals surface area contributed by atoms with Crippen LogP contribution >= 0.6 is 0 Å². The van der Waals surface area contributed by atoms with E-state index in [1.54, 1.807) is 7.05 Å². The Kier molecular flexibility index (Phi) is 3.54. The average molecular weight is 327 g/mol. The molecule has 6 nitrogen and oxygen atoms in total. The molecule has 5 atom stereocenters. The molecule has 0 aromatic carbocycles. The molecule has 3 fully saturated rings. The second-order valence-electron chi connectivity index (χ2n) is 6.99. The van der Waals surface area contributed by atoms with Crippen LogP contribution in [0.5, 0.6) is 0 Å². The standard InChI is InChI=1S/C18H21N3O3/c1-10-4-3-5-11(19-10)6-7-13-15-16(18(24)20(2)17(15)23)14-8-12(22)9-21(13)14/h3-7,12-16,22H,8-9H2,1-2H3. The van der Waals surface area contributed by atoms with Gasteiger partial charge in [0, 0.05) is 31.4 Å². The first-order valence-electron chi connectivity index (χ1n) is 8.34. The monoisotopic (exact) mass is 327 g/mol. The first-order chi connectivity index (χ1) is 11.5. The van der Waals surface area contributed by atoms with E-state index in [0.717, 1.165) is 11.4 Å². The second-order valence-corrected chi connectivity index (χ2v) is 6.99. The van der Waals surface area contributed by atoms with Crippen molar-refractivity contribution in [2.24, 2.45) is 11.8 Å². The van der Waals surface area contributed by atoms with Crippen LogP contribution in [0.1, 0.15) is 17.8 Å². The number of hydrogen-bond acceptors (Lipinski definition) is 5. The van der Waals surface area contributed by atoms with Gasteiger partial charge in [-0.3, -0.25) is 24.4 Å². The van der Waals surface area contributed by atoms with Gasteiger partial charge in [0.1, 0.15) is 0 Å². The lowest BCUT2D eigenvalue weighted by atomic mass is 9.87. The fourth-order valence-electron chi connectivity index (χ4n) is 4.48. The quantitative estimate of drug-likeness (QED) is 0.799. The molecular formula is C18H21N3O3. The molecule has 1 aromatic rings. The summed E-state index contributed by atoms with van der Waals surface area (Å²) >= 11 is 0. The van der Waals surface area contributed by atoms with Gasteiger partial charge in [-0.05, 0) is 31.6 Å². The highest BCUT2D eigenvalue weighted by Gasteiger charge is 2.62. The fourth-order valence-corrected chi connectivity index (χ4v) is 4.48. The molecule has 0 radical (unpaired) electrons. The number of aliphatic hydroxyl groups is 1. The number of likely N-dealkylation sites (tertiary alicyclic amines) is 1. The van der Waals surface area contributed by atoms with Crippen molar-refractivity contribution >= 4 is 17.9 Å². The molecule has 2 amide bonds. The molecule has 3 aliphatic heterocycles. The number of nitrogens with zero attached hydrogens (tertiary/aromatic N) is 3. The number of pyridine rings is 1. The Morgan fingerprint density at radius 3 is 2.75 bits per heavy atom. The summed E-state index contributed by atoms with van der Waals surface area (Å²) in [6.07, 6.45) is 4.01. The zero-order chi connectivity index (χ0) is 17.0. The van der Waals surface area contributed by atoms with Gasteiger partial charge >= 0.3 is 0 Å². The first-order valence-corrected chi connectivity index (χ1v) is 8.34. The van der Waals surface area contributed by atoms with Crippen LogP contribution in [0.3, 0.4) is 0 Å². The van der Waals surface area contributed by atoms with E-state index in [4.69, 9.17) is 0 Å². The summed E-state index contributed by atoms with van der Waals surface area (Å²) < 4.78 is 0. The van der Waals surface area contributed by atoms with Gasteiger partial charge in [-0.2, -0.15) is 0 Å². The molecule has 0 saturated carbocycles. The van der Waals surface area contributed by atoms with Gasteiger partial charge in [-0.1, -0.05) is 12.1 Å². The van der Waals surface area contributed by atoms with E-state index in [9.17, 15) is 14.7 Å². The molecule has 4 rings (SSSR count). The van der Waals surface area contributed by atoms with Gasteiger partial charge in [0.25, 0.3) is 0 Å². The maximum Gasteiger partial charge on any atom is 0.234 e. The lowest BCUT2D eigenvalue weighted by Gasteiger charge is -2.25. The molecule has 0 aliphatic carbocycles. The van der Waals surface area contributed by atoms with E-state index in [-0.39, 0.29) is 35.7 Å². The molecule has 3 saturated heterocycles. The van der Waals surface area contributed by atoms with Crippen molar-refractivity contribution in [3.05, 3.63) is 35.7 Å². The lowest BCUT2D eigenvalue weighted by Crippen LogP contribution is -2.40. The molecule has 4 heterocycles. The van der Waals surface area contributed by atoms with Crippen LogP contribution in [0.4, 0.5) is 0 Å². The van der Waals surface area contributed by atoms with Gasteiger partial charge < -0.3 is 5.11 Å². The normalized spacial score (nSPS) is 36.0. The summed E-state index contributed by atoms with van der Waals surface area (Å²) in [5, 5.41) is 10.0. The minimum Gasteiger partial charge on any atom is -0.392 e. The Labute approximate surface area is 140 Å². The van der Waals surface area contributed by atoms with Gasteiger partial charge in [0.2, 0.25) is 11.8 Å². The third kappa shape index (κ3) is 2.21. The number of carbonyl (C=O) groups excluding carboxylic acids is 2. The molecule has 3 aliphatic rings. The van der Waals surface area contributed by atoms with Gasteiger partial charge in [-0.15, -0.1) is 0 Å². The number of fused-ring (bicyclic) bond motifs is 3. The molecule has 0 bridgehead atoms. The van der Waals surface area contributed by atoms with Gasteiger partial charge in [0.05, 0.1) is 23.6 Å². The van der Waals surface area contributed by atoms with Crippen LogP contribution in [0, 0.1) is 18.8 Å². The summed E-state index contributed by atoms with van der Waals surface area (Å²) in [4.78, 5) is 32.8. The summed E-state index contributed by atoms with van der Waals surface area (Å²) in [5.74, 6) is -0.903. The van der Waals surface area contributed by atoms with Crippen molar-refractivity contribution in [3.8, 4) is 0 Å². The van der Waals surface area contributed by atoms with E-state index in [2.05, 4.69) is 9.88 Å². The van der Waals surface area contributed by atoms with E-state index < -0.39 is 6.10 Å². The van der Waals surface area contributed by atoms with Crippen molar-refractivity contribution in [2.45, 2.75) is 31.5 Å². The molecule has 5 unspecified atom stereocenters. The van der Waals surface area contributed by atoms with Crippen LogP contribution in [-0.4, -0.2) is 63.5 Å². The molecular weight excluding hydrogens is 306 g/mol. The van der Waals surface area contributed by atoms with E-state index in [0.29, 0.717) is 13.0 Å². The van der Waals surface area contributed by atoms with Crippen molar-refractivity contribution in [1.82, 2.24) is 14.8 Å². The van der Waals surface area contributed by atoms with E-state index in [1.165, 1.54) is 4.90 Å². The summed E-state index contributed by atoms with van der Waals surface area (Å²) in [5.41, 5.74) is 1.77. The zero-order valence-electron chi connectivity index (χ0n) is 13.8.